The smallest absolute Gasteiger partial charge is 0.225 e. The standard InChI is InChI=1S/C19H26FN3OS/c1-3-9-22(10-4-2)18(24)14-7-11-23(12-8-14)19-21-16-6-5-15(20)13-17(16)25-19/h5-6,13-14H,3-4,7-12H2,1-2H3. The van der Waals surface area contributed by atoms with E-state index in [1.54, 1.807) is 12.1 Å². The SMILES string of the molecule is CCCN(CCC)C(=O)C1CCN(c2nc3ccc(F)cc3s2)CC1. The number of amides is 1. The molecule has 2 aromatic rings. The molecule has 25 heavy (non-hydrogen) atoms. The predicted octanol–water partition coefficient (Wildman–Crippen LogP) is 4.30. The number of carbonyl (C=O) groups is 1. The summed E-state index contributed by atoms with van der Waals surface area (Å²) in [5.41, 5.74) is 0.844. The van der Waals surface area contributed by atoms with Crippen molar-refractivity contribution >= 4 is 32.6 Å². The molecule has 1 amide bonds. The van der Waals surface area contributed by atoms with Gasteiger partial charge in [-0.2, -0.15) is 0 Å². The van der Waals surface area contributed by atoms with Crippen molar-refractivity contribution in [1.29, 1.82) is 0 Å². The van der Waals surface area contributed by atoms with Crippen molar-refractivity contribution < 1.29 is 9.18 Å². The number of aromatic nitrogens is 1. The summed E-state index contributed by atoms with van der Waals surface area (Å²) >= 11 is 1.53. The van der Waals surface area contributed by atoms with E-state index < -0.39 is 0 Å². The average Bonchev–Trinajstić information content (AvgIpc) is 3.04. The summed E-state index contributed by atoms with van der Waals surface area (Å²) in [7, 11) is 0. The predicted molar refractivity (Wildman–Crippen MR) is 102 cm³/mol. The number of carbonyl (C=O) groups excluding carboxylic acids is 1. The van der Waals surface area contributed by atoms with Crippen LogP contribution in [-0.4, -0.2) is 42.0 Å². The zero-order chi connectivity index (χ0) is 17.8. The summed E-state index contributed by atoms with van der Waals surface area (Å²) in [6.45, 7) is 7.63. The number of benzene rings is 1. The average molecular weight is 364 g/mol. The number of halogens is 1. The molecule has 1 aliphatic heterocycles. The molecular formula is C19H26FN3OS. The number of nitrogens with zero attached hydrogens (tertiary/aromatic N) is 3. The van der Waals surface area contributed by atoms with Crippen molar-refractivity contribution in [1.82, 2.24) is 9.88 Å². The van der Waals surface area contributed by atoms with Gasteiger partial charge in [-0.05, 0) is 43.9 Å². The van der Waals surface area contributed by atoms with E-state index in [0.29, 0.717) is 5.91 Å². The molecule has 0 N–H and O–H groups in total. The third kappa shape index (κ3) is 4.11. The van der Waals surface area contributed by atoms with Gasteiger partial charge < -0.3 is 9.80 Å². The van der Waals surface area contributed by atoms with Gasteiger partial charge in [0.05, 0.1) is 10.2 Å². The normalized spacial score (nSPS) is 15.7. The molecule has 1 aromatic carbocycles. The third-order valence-corrected chi connectivity index (χ3v) is 5.83. The van der Waals surface area contributed by atoms with Crippen LogP contribution in [0.2, 0.25) is 0 Å². The lowest BCUT2D eigenvalue weighted by Crippen LogP contribution is -2.43. The van der Waals surface area contributed by atoms with Crippen LogP contribution in [0.25, 0.3) is 10.2 Å². The lowest BCUT2D eigenvalue weighted by molar-refractivity contribution is -0.136. The summed E-state index contributed by atoms with van der Waals surface area (Å²) in [5.74, 6) is 0.217. The molecule has 0 unspecified atom stereocenters. The number of anilines is 1. The molecule has 0 radical (unpaired) electrons. The maximum atomic E-state index is 13.4. The molecule has 0 saturated carbocycles. The molecule has 0 spiro atoms. The second-order valence-electron chi connectivity index (χ2n) is 6.70. The van der Waals surface area contributed by atoms with Gasteiger partial charge in [0.2, 0.25) is 5.91 Å². The first-order chi connectivity index (χ1) is 12.1. The fraction of sp³-hybridized carbons (Fsp3) is 0.579. The number of piperidine rings is 1. The van der Waals surface area contributed by atoms with Crippen LogP contribution in [0.3, 0.4) is 0 Å². The summed E-state index contributed by atoms with van der Waals surface area (Å²) in [6.07, 6.45) is 3.75. The molecule has 136 valence electrons. The van der Waals surface area contributed by atoms with Crippen LogP contribution >= 0.6 is 11.3 Å². The van der Waals surface area contributed by atoms with Crippen LogP contribution in [0, 0.1) is 11.7 Å². The number of hydrogen-bond acceptors (Lipinski definition) is 4. The van der Waals surface area contributed by atoms with E-state index in [1.807, 2.05) is 4.90 Å². The lowest BCUT2D eigenvalue weighted by atomic mass is 9.95. The van der Waals surface area contributed by atoms with Crippen LogP contribution < -0.4 is 4.90 Å². The van der Waals surface area contributed by atoms with Gasteiger partial charge >= 0.3 is 0 Å². The Balaban J connectivity index is 1.63. The van der Waals surface area contributed by atoms with Gasteiger partial charge in [0, 0.05) is 32.1 Å². The number of rotatable bonds is 6. The highest BCUT2D eigenvalue weighted by atomic mass is 32.1. The Morgan fingerprint density at radius 3 is 2.60 bits per heavy atom. The second-order valence-corrected chi connectivity index (χ2v) is 7.70. The molecule has 1 fully saturated rings. The Hall–Kier alpha value is -1.69. The highest BCUT2D eigenvalue weighted by Crippen LogP contribution is 2.32. The van der Waals surface area contributed by atoms with E-state index in [1.165, 1.54) is 17.4 Å². The molecule has 1 aliphatic rings. The van der Waals surface area contributed by atoms with Gasteiger partial charge in [0.15, 0.2) is 5.13 Å². The van der Waals surface area contributed by atoms with Crippen LogP contribution in [0.15, 0.2) is 18.2 Å². The van der Waals surface area contributed by atoms with Crippen molar-refractivity contribution in [2.75, 3.05) is 31.1 Å². The van der Waals surface area contributed by atoms with Gasteiger partial charge in [0.25, 0.3) is 0 Å². The van der Waals surface area contributed by atoms with Crippen LogP contribution in [0.4, 0.5) is 9.52 Å². The quantitative estimate of drug-likeness (QED) is 0.768. The minimum Gasteiger partial charge on any atom is -0.348 e. The number of thiazole rings is 1. The van der Waals surface area contributed by atoms with Crippen molar-refractivity contribution in [2.24, 2.45) is 5.92 Å². The molecule has 3 rings (SSSR count). The lowest BCUT2D eigenvalue weighted by Gasteiger charge is -2.34. The van der Waals surface area contributed by atoms with Gasteiger partial charge in [-0.1, -0.05) is 25.2 Å². The summed E-state index contributed by atoms with van der Waals surface area (Å²) in [6, 6.07) is 4.72. The highest BCUT2D eigenvalue weighted by molar-refractivity contribution is 7.22. The van der Waals surface area contributed by atoms with E-state index in [2.05, 4.69) is 23.7 Å². The van der Waals surface area contributed by atoms with Gasteiger partial charge in [-0.3, -0.25) is 4.79 Å². The summed E-state index contributed by atoms with van der Waals surface area (Å²) in [5, 5.41) is 0.936. The van der Waals surface area contributed by atoms with Gasteiger partial charge in [-0.25, -0.2) is 9.37 Å². The first kappa shape index (κ1) is 18.1. The molecule has 0 atom stereocenters. The summed E-state index contributed by atoms with van der Waals surface area (Å²) in [4.78, 5) is 21.6. The molecule has 4 nitrogen and oxygen atoms in total. The van der Waals surface area contributed by atoms with E-state index >= 15 is 0 Å². The molecule has 0 bridgehead atoms. The molecule has 1 saturated heterocycles. The fourth-order valence-electron chi connectivity index (χ4n) is 3.47. The van der Waals surface area contributed by atoms with E-state index in [-0.39, 0.29) is 11.7 Å². The first-order valence-electron chi connectivity index (χ1n) is 9.22. The first-order valence-corrected chi connectivity index (χ1v) is 10.0. The van der Waals surface area contributed by atoms with E-state index in [9.17, 15) is 9.18 Å². The maximum Gasteiger partial charge on any atom is 0.225 e. The van der Waals surface area contributed by atoms with Crippen molar-refractivity contribution in [3.8, 4) is 0 Å². The Kier molecular flexibility index (Phi) is 5.89. The van der Waals surface area contributed by atoms with Gasteiger partial charge in [0.1, 0.15) is 5.82 Å². The minimum absolute atomic E-state index is 0.126. The second kappa shape index (κ2) is 8.13. The van der Waals surface area contributed by atoms with Crippen LogP contribution in [0.5, 0.6) is 0 Å². The maximum absolute atomic E-state index is 13.4. The molecule has 1 aromatic heterocycles. The molecule has 6 heteroatoms. The Morgan fingerprint density at radius 1 is 1.28 bits per heavy atom. The van der Waals surface area contributed by atoms with Crippen molar-refractivity contribution in [3.05, 3.63) is 24.0 Å². The molecule has 0 aliphatic carbocycles. The largest absolute Gasteiger partial charge is 0.348 e. The minimum atomic E-state index is -0.223. The summed E-state index contributed by atoms with van der Waals surface area (Å²) < 4.78 is 14.2. The fourth-order valence-corrected chi connectivity index (χ4v) is 4.51. The molecular weight excluding hydrogens is 337 g/mol. The van der Waals surface area contributed by atoms with Crippen LogP contribution in [-0.2, 0) is 4.79 Å². The molecule has 2 heterocycles. The Morgan fingerprint density at radius 2 is 1.96 bits per heavy atom. The zero-order valence-corrected chi connectivity index (χ0v) is 15.8. The monoisotopic (exact) mass is 363 g/mol. The number of hydrogen-bond donors (Lipinski definition) is 0. The van der Waals surface area contributed by atoms with Crippen molar-refractivity contribution in [3.63, 3.8) is 0 Å². The van der Waals surface area contributed by atoms with E-state index in [0.717, 1.165) is 67.2 Å². The topological polar surface area (TPSA) is 36.4 Å². The Labute approximate surface area is 152 Å². The third-order valence-electron chi connectivity index (χ3n) is 4.75. The van der Waals surface area contributed by atoms with E-state index in [4.69, 9.17) is 0 Å². The van der Waals surface area contributed by atoms with Crippen molar-refractivity contribution in [2.45, 2.75) is 39.5 Å². The highest BCUT2D eigenvalue weighted by Gasteiger charge is 2.29. The zero-order valence-electron chi connectivity index (χ0n) is 15.0. The Bertz CT molecular complexity index is 719. The number of fused-ring (bicyclic) bond motifs is 1. The van der Waals surface area contributed by atoms with Crippen LogP contribution in [0.1, 0.15) is 39.5 Å². The van der Waals surface area contributed by atoms with Gasteiger partial charge in [-0.15, -0.1) is 0 Å².